The fraction of sp³-hybridized carbons (Fsp3) is 1.00. The van der Waals surface area contributed by atoms with Gasteiger partial charge in [-0.3, -0.25) is 0 Å². The number of ether oxygens (including phenoxy) is 2. The molecule has 0 aromatic carbocycles. The minimum Gasteiger partial charge on any atom is -0.394 e. The highest BCUT2D eigenvalue weighted by Gasteiger charge is 2.49. The van der Waals surface area contributed by atoms with Crippen LogP contribution < -0.4 is 5.32 Å². The summed E-state index contributed by atoms with van der Waals surface area (Å²) in [7, 11) is 1.47. The van der Waals surface area contributed by atoms with Crippen LogP contribution in [-0.4, -0.2) is 140 Å². The normalized spacial score (nSPS) is 37.0. The first-order valence-corrected chi connectivity index (χ1v) is 8.95. The van der Waals surface area contributed by atoms with Crippen LogP contribution in [0.5, 0.6) is 0 Å². The van der Waals surface area contributed by atoms with Gasteiger partial charge in [-0.1, -0.05) is 0 Å². The van der Waals surface area contributed by atoms with E-state index in [2.05, 4.69) is 5.32 Å². The van der Waals surface area contributed by atoms with Gasteiger partial charge in [0.05, 0.1) is 20.6 Å². The van der Waals surface area contributed by atoms with Gasteiger partial charge in [0.25, 0.3) is 0 Å². The Morgan fingerprint density at radius 2 is 1.68 bits per heavy atom. The highest BCUT2D eigenvalue weighted by atomic mass is 16.5. The van der Waals surface area contributed by atoms with E-state index in [1.165, 1.54) is 7.11 Å². The third-order valence-electron chi connectivity index (χ3n) is 4.63. The zero-order chi connectivity index (χ0) is 22.4. The molecule has 0 aromatic rings. The maximum Gasteiger partial charge on any atom is 0.111 e. The van der Waals surface area contributed by atoms with Gasteiger partial charge in [-0.2, -0.15) is 0 Å². The van der Waals surface area contributed by atoms with Crippen LogP contribution in [0.25, 0.3) is 0 Å². The summed E-state index contributed by atoms with van der Waals surface area (Å²) in [6, 6.07) is -1.48. The third kappa shape index (κ3) is 6.26. The van der Waals surface area contributed by atoms with Crippen LogP contribution in [0.15, 0.2) is 0 Å². The predicted molar refractivity (Wildman–Crippen MR) is 93.2 cm³/mol. The number of nitrogens with one attached hydrogen (secondary N) is 1. The number of methoxy groups -OCH3 is 1. The van der Waals surface area contributed by atoms with Gasteiger partial charge in [0.1, 0.15) is 54.9 Å². The topological polar surface area (TPSA) is 213 Å². The molecule has 0 bridgehead atoms. The van der Waals surface area contributed by atoms with E-state index >= 15 is 0 Å². The summed E-state index contributed by atoms with van der Waals surface area (Å²) < 4.78 is 18.7. The van der Waals surface area contributed by atoms with Crippen molar-refractivity contribution < 1.29 is 56.8 Å². The maximum atomic E-state index is 10.5. The van der Waals surface area contributed by atoms with Gasteiger partial charge >= 0.3 is 0 Å². The summed E-state index contributed by atoms with van der Waals surface area (Å²) >= 11 is 0. The van der Waals surface area contributed by atoms with Crippen molar-refractivity contribution in [2.75, 3.05) is 33.5 Å². The molecule has 0 radical (unpaired) electrons. The fourth-order valence-electron chi connectivity index (χ4n) is 2.89. The number of aliphatic hydroxyl groups excluding tert-OH is 9. The van der Waals surface area contributed by atoms with Crippen LogP contribution in [0.1, 0.15) is 7.79 Å². The van der Waals surface area contributed by atoms with E-state index in [4.69, 9.17) is 16.0 Å². The summed E-state index contributed by atoms with van der Waals surface area (Å²) in [6.45, 7) is -1.26. The Labute approximate surface area is 164 Å². The summed E-state index contributed by atoms with van der Waals surface area (Å²) in [6.07, 6.45) is -17.6. The highest BCUT2D eigenvalue weighted by Crippen LogP contribution is 2.26. The van der Waals surface area contributed by atoms with E-state index in [1.807, 2.05) is 0 Å². The van der Waals surface area contributed by atoms with E-state index in [1.54, 1.807) is 0 Å². The number of hydrogen-bond donors (Lipinski definition) is 10. The fourth-order valence-corrected chi connectivity index (χ4v) is 2.89. The predicted octanol–water partition coefficient (Wildman–Crippen LogP) is -5.74. The Bertz CT molecular complexity index is 478. The van der Waals surface area contributed by atoms with Gasteiger partial charge < -0.3 is 60.7 Å². The molecule has 168 valence electrons. The molecule has 1 rings (SSSR count). The Morgan fingerprint density at radius 1 is 1.04 bits per heavy atom. The zero-order valence-electron chi connectivity index (χ0n) is 16.6. The summed E-state index contributed by atoms with van der Waals surface area (Å²) in [5, 5.41) is 91.4. The van der Waals surface area contributed by atoms with Crippen molar-refractivity contribution in [1.29, 1.82) is 0 Å². The first-order chi connectivity index (χ1) is 13.6. The SMILES string of the molecule is [2H]C1(C(O)[C@@H](O)[C@@H](O)[C@H](O)[C@H](O)CO)O[C@H](CO)[C@@H](O)[C@H](O)[C@H]1NCCCOC. The first kappa shape index (κ1) is 23.8. The van der Waals surface area contributed by atoms with E-state index in [0.29, 0.717) is 13.0 Å². The van der Waals surface area contributed by atoms with E-state index in [-0.39, 0.29) is 6.54 Å². The summed E-state index contributed by atoms with van der Waals surface area (Å²) in [5.41, 5.74) is 0. The highest BCUT2D eigenvalue weighted by molar-refractivity contribution is 5.01. The van der Waals surface area contributed by atoms with Crippen LogP contribution in [0, 0.1) is 0 Å². The minimum absolute atomic E-state index is 0.160. The van der Waals surface area contributed by atoms with Gasteiger partial charge in [-0.05, 0) is 13.0 Å². The number of rotatable bonds is 12. The smallest absolute Gasteiger partial charge is 0.111 e. The Hall–Kier alpha value is -0.480. The number of hydrogen-bond acceptors (Lipinski definition) is 12. The second-order valence-electron chi connectivity index (χ2n) is 6.67. The van der Waals surface area contributed by atoms with Crippen LogP contribution >= 0.6 is 0 Å². The molecule has 1 fully saturated rings. The van der Waals surface area contributed by atoms with Crippen molar-refractivity contribution in [3.05, 3.63) is 0 Å². The minimum atomic E-state index is -2.58. The quantitative estimate of drug-likeness (QED) is 0.135. The monoisotopic (exact) mass is 416 g/mol. The zero-order valence-corrected chi connectivity index (χ0v) is 15.6. The van der Waals surface area contributed by atoms with E-state index < -0.39 is 74.2 Å². The van der Waals surface area contributed by atoms with Crippen LogP contribution in [0.4, 0.5) is 0 Å². The molecule has 0 spiro atoms. The van der Waals surface area contributed by atoms with Crippen molar-refractivity contribution >= 4 is 0 Å². The molecule has 0 aliphatic carbocycles. The molecule has 1 heterocycles. The largest absolute Gasteiger partial charge is 0.394 e. The number of aliphatic hydroxyl groups is 9. The molecule has 10 N–H and O–H groups in total. The summed E-state index contributed by atoms with van der Waals surface area (Å²) in [5.74, 6) is 0. The first-order valence-electron chi connectivity index (χ1n) is 9.45. The molecule has 0 aromatic heterocycles. The molecule has 2 unspecified atom stereocenters. The van der Waals surface area contributed by atoms with Gasteiger partial charge in [0, 0.05) is 13.7 Å². The van der Waals surface area contributed by atoms with Gasteiger partial charge in [0.15, 0.2) is 0 Å². The molecule has 0 saturated carbocycles. The lowest BCUT2D eigenvalue weighted by Gasteiger charge is -2.46. The molecule has 12 heteroatoms. The third-order valence-corrected chi connectivity index (χ3v) is 4.63. The standard InChI is InChI=1S/C16H33NO11/c1-27-4-2-3-17-9-12(23)11(22)8(6-19)28-16(9)15(26)14(25)13(24)10(21)7(20)5-18/h7-26H,2-6H2,1H3/t7-,8-,9-,10-,11-,12-,13+,14+,15?,16?/m1/s1/i16D. The van der Waals surface area contributed by atoms with Crippen molar-refractivity contribution in [2.24, 2.45) is 0 Å². The molecule has 10 atom stereocenters. The Balaban J connectivity index is 3.09. The maximum absolute atomic E-state index is 10.5. The Morgan fingerprint density at radius 3 is 2.21 bits per heavy atom. The molecular formula is C16H33NO11. The van der Waals surface area contributed by atoms with Gasteiger partial charge in [-0.15, -0.1) is 0 Å². The molecule has 1 aliphatic heterocycles. The molecular weight excluding hydrogens is 382 g/mol. The second-order valence-corrected chi connectivity index (χ2v) is 6.67. The van der Waals surface area contributed by atoms with Crippen LogP contribution in [-0.2, 0) is 9.47 Å². The van der Waals surface area contributed by atoms with Crippen molar-refractivity contribution in [1.82, 2.24) is 5.32 Å². The van der Waals surface area contributed by atoms with Gasteiger partial charge in [-0.25, -0.2) is 0 Å². The lowest BCUT2D eigenvalue weighted by atomic mass is 9.86. The Kier molecular flexibility index (Phi) is 10.4. The summed E-state index contributed by atoms with van der Waals surface area (Å²) in [4.78, 5) is 0. The molecule has 1 aliphatic rings. The second kappa shape index (κ2) is 12.3. The van der Waals surface area contributed by atoms with Crippen molar-refractivity contribution in [2.45, 2.75) is 67.4 Å². The average Bonchev–Trinajstić information content (AvgIpc) is 2.72. The molecule has 12 nitrogen and oxygen atoms in total. The van der Waals surface area contributed by atoms with E-state index in [0.717, 1.165) is 0 Å². The van der Waals surface area contributed by atoms with Crippen LogP contribution in [0.3, 0.4) is 0 Å². The average molecular weight is 416 g/mol. The molecule has 28 heavy (non-hydrogen) atoms. The molecule has 0 amide bonds. The molecule has 1 saturated heterocycles. The lowest BCUT2D eigenvalue weighted by molar-refractivity contribution is -0.237. The van der Waals surface area contributed by atoms with Crippen molar-refractivity contribution in [3.63, 3.8) is 0 Å². The van der Waals surface area contributed by atoms with Crippen LogP contribution in [0.2, 0.25) is 0 Å². The van der Waals surface area contributed by atoms with Crippen molar-refractivity contribution in [3.8, 4) is 0 Å². The lowest BCUT2D eigenvalue weighted by Crippen LogP contribution is -2.68. The van der Waals surface area contributed by atoms with E-state index in [9.17, 15) is 40.9 Å². The van der Waals surface area contributed by atoms with Gasteiger partial charge in [0.2, 0.25) is 0 Å².